The van der Waals surface area contributed by atoms with Gasteiger partial charge in [-0.1, -0.05) is 12.8 Å². The molecule has 2 atom stereocenters. The predicted molar refractivity (Wildman–Crippen MR) is 110 cm³/mol. The molecule has 0 saturated carbocycles. The van der Waals surface area contributed by atoms with Crippen LogP contribution in [0.3, 0.4) is 0 Å². The SMILES string of the molecule is CC#Cc1cncc(-c2csc([C@@]3(C)CC(=N)N(C)C(=O)C3SC)c2)c1. The van der Waals surface area contributed by atoms with Crippen LogP contribution in [0.5, 0.6) is 0 Å². The number of piperidine rings is 1. The Balaban J connectivity index is 2.00. The minimum atomic E-state index is -0.378. The van der Waals surface area contributed by atoms with Crippen molar-refractivity contribution in [3.8, 4) is 23.0 Å². The average Bonchev–Trinajstić information content (AvgIpc) is 3.12. The van der Waals surface area contributed by atoms with Gasteiger partial charge in [0, 0.05) is 47.3 Å². The van der Waals surface area contributed by atoms with Crippen molar-refractivity contribution in [3.63, 3.8) is 0 Å². The zero-order chi connectivity index (χ0) is 18.9. The Morgan fingerprint density at radius 3 is 2.85 bits per heavy atom. The highest BCUT2D eigenvalue weighted by molar-refractivity contribution is 8.00. The summed E-state index contributed by atoms with van der Waals surface area (Å²) in [6, 6.07) is 4.17. The molecule has 1 aliphatic rings. The number of pyridine rings is 1. The lowest BCUT2D eigenvalue weighted by atomic mass is 9.77. The fourth-order valence-corrected chi connectivity index (χ4v) is 5.59. The first-order chi connectivity index (χ1) is 12.4. The summed E-state index contributed by atoms with van der Waals surface area (Å²) in [7, 11) is 1.69. The molecule has 1 unspecified atom stereocenters. The van der Waals surface area contributed by atoms with E-state index in [0.717, 1.165) is 21.6 Å². The monoisotopic (exact) mass is 383 g/mol. The zero-order valence-corrected chi connectivity index (χ0v) is 16.9. The van der Waals surface area contributed by atoms with Gasteiger partial charge in [-0.3, -0.25) is 15.2 Å². The molecule has 3 heterocycles. The first-order valence-corrected chi connectivity index (χ1v) is 10.4. The molecule has 6 heteroatoms. The molecule has 1 amide bonds. The molecule has 0 aliphatic carbocycles. The van der Waals surface area contributed by atoms with Crippen LogP contribution < -0.4 is 0 Å². The van der Waals surface area contributed by atoms with E-state index < -0.39 is 0 Å². The average molecular weight is 384 g/mol. The summed E-state index contributed by atoms with van der Waals surface area (Å²) in [5, 5.41) is 10.1. The predicted octanol–water partition coefficient (Wildman–Crippen LogP) is 4.01. The van der Waals surface area contributed by atoms with Crippen molar-refractivity contribution in [2.45, 2.75) is 30.9 Å². The molecule has 0 spiro atoms. The van der Waals surface area contributed by atoms with Crippen LogP contribution in [-0.2, 0) is 10.2 Å². The van der Waals surface area contributed by atoms with Crippen LogP contribution in [0.2, 0.25) is 0 Å². The molecule has 1 fully saturated rings. The van der Waals surface area contributed by atoms with Crippen molar-refractivity contribution in [3.05, 3.63) is 40.3 Å². The second-order valence-electron chi connectivity index (χ2n) is 6.59. The normalized spacial score (nSPS) is 22.9. The summed E-state index contributed by atoms with van der Waals surface area (Å²) in [6.07, 6.45) is 6.12. The molecule has 1 N–H and O–H groups in total. The Bertz CT molecular complexity index is 924. The first kappa shape index (κ1) is 18.7. The number of carbonyl (C=O) groups excluding carboxylic acids is 1. The van der Waals surface area contributed by atoms with Gasteiger partial charge in [0.1, 0.15) is 5.84 Å². The second-order valence-corrected chi connectivity index (χ2v) is 8.44. The number of thioether (sulfide) groups is 1. The fourth-order valence-electron chi connectivity index (χ4n) is 3.32. The van der Waals surface area contributed by atoms with Crippen molar-refractivity contribution in [2.75, 3.05) is 13.3 Å². The number of amidine groups is 1. The number of rotatable bonds is 3. The van der Waals surface area contributed by atoms with E-state index in [1.54, 1.807) is 36.3 Å². The maximum absolute atomic E-state index is 12.7. The third-order valence-corrected chi connectivity index (χ3v) is 7.22. The van der Waals surface area contributed by atoms with Crippen LogP contribution in [-0.4, -0.2) is 40.2 Å². The number of nitrogens with zero attached hydrogens (tertiary/aromatic N) is 2. The number of likely N-dealkylation sites (tertiary alicyclic amines) is 1. The molecule has 1 aliphatic heterocycles. The summed E-state index contributed by atoms with van der Waals surface area (Å²) < 4.78 is 0. The summed E-state index contributed by atoms with van der Waals surface area (Å²) in [4.78, 5) is 19.6. The van der Waals surface area contributed by atoms with Crippen LogP contribution in [0.4, 0.5) is 0 Å². The standard InChI is InChI=1S/C20H21N3OS2/c1-5-6-13-7-14(11-22-10-13)15-8-16(26-12-15)20(2)9-17(21)23(3)19(24)18(20)25-4/h7-8,10-12,18,21H,9H2,1-4H3/t18?,20-/m1/s1. The highest BCUT2D eigenvalue weighted by atomic mass is 32.2. The van der Waals surface area contributed by atoms with E-state index in [0.29, 0.717) is 12.3 Å². The molecule has 0 radical (unpaired) electrons. The number of aromatic nitrogens is 1. The van der Waals surface area contributed by atoms with Crippen molar-refractivity contribution in [1.29, 1.82) is 5.41 Å². The number of nitrogens with one attached hydrogen (secondary N) is 1. The molecule has 134 valence electrons. The second kappa shape index (κ2) is 7.26. The lowest BCUT2D eigenvalue weighted by molar-refractivity contribution is -0.128. The van der Waals surface area contributed by atoms with Gasteiger partial charge in [-0.2, -0.15) is 11.8 Å². The molecule has 0 aromatic carbocycles. The van der Waals surface area contributed by atoms with E-state index in [4.69, 9.17) is 5.41 Å². The van der Waals surface area contributed by atoms with Crippen molar-refractivity contribution < 1.29 is 4.79 Å². The minimum Gasteiger partial charge on any atom is -0.303 e. The Hall–Kier alpha value is -2.10. The molecule has 1 saturated heterocycles. The van der Waals surface area contributed by atoms with Gasteiger partial charge in [0.2, 0.25) is 5.91 Å². The molecule has 2 aromatic heterocycles. The Morgan fingerprint density at radius 1 is 1.38 bits per heavy atom. The van der Waals surface area contributed by atoms with E-state index in [1.165, 1.54) is 4.90 Å². The summed E-state index contributed by atoms with van der Waals surface area (Å²) in [5.74, 6) is 6.32. The lowest BCUT2D eigenvalue weighted by Crippen LogP contribution is -2.55. The summed E-state index contributed by atoms with van der Waals surface area (Å²) >= 11 is 3.21. The van der Waals surface area contributed by atoms with Gasteiger partial charge in [0.05, 0.1) is 5.25 Å². The Kier molecular flexibility index (Phi) is 5.22. The zero-order valence-electron chi connectivity index (χ0n) is 15.3. The first-order valence-electron chi connectivity index (χ1n) is 8.25. The molecular formula is C20H21N3OS2. The van der Waals surface area contributed by atoms with E-state index in [-0.39, 0.29) is 16.6 Å². The maximum atomic E-state index is 12.7. The molecule has 2 aromatic rings. The van der Waals surface area contributed by atoms with Gasteiger partial charge in [-0.15, -0.1) is 17.3 Å². The van der Waals surface area contributed by atoms with Gasteiger partial charge >= 0.3 is 0 Å². The van der Waals surface area contributed by atoms with Gasteiger partial charge < -0.3 is 4.90 Å². The highest BCUT2D eigenvalue weighted by Crippen LogP contribution is 2.45. The number of carbonyl (C=O) groups is 1. The number of amides is 1. The Morgan fingerprint density at radius 2 is 2.15 bits per heavy atom. The fraction of sp³-hybridized carbons (Fsp3) is 0.350. The van der Waals surface area contributed by atoms with Gasteiger partial charge in [-0.25, -0.2) is 0 Å². The Labute approximate surface area is 162 Å². The van der Waals surface area contributed by atoms with E-state index >= 15 is 0 Å². The summed E-state index contributed by atoms with van der Waals surface area (Å²) in [6.45, 7) is 3.91. The van der Waals surface area contributed by atoms with E-state index in [2.05, 4.69) is 35.2 Å². The minimum absolute atomic E-state index is 0.00749. The number of hydrogen-bond acceptors (Lipinski definition) is 5. The third kappa shape index (κ3) is 3.17. The van der Waals surface area contributed by atoms with Crippen molar-refractivity contribution in [2.24, 2.45) is 0 Å². The quantitative estimate of drug-likeness (QED) is 0.815. The topological polar surface area (TPSA) is 57.1 Å². The molecule has 4 nitrogen and oxygen atoms in total. The molecule has 26 heavy (non-hydrogen) atoms. The largest absolute Gasteiger partial charge is 0.303 e. The third-order valence-electron chi connectivity index (χ3n) is 4.81. The van der Waals surface area contributed by atoms with E-state index in [1.807, 2.05) is 25.4 Å². The maximum Gasteiger partial charge on any atom is 0.241 e. The van der Waals surface area contributed by atoms with Crippen LogP contribution >= 0.6 is 23.1 Å². The van der Waals surface area contributed by atoms with Crippen LogP contribution in [0, 0.1) is 17.3 Å². The van der Waals surface area contributed by atoms with Gasteiger partial charge in [0.25, 0.3) is 0 Å². The van der Waals surface area contributed by atoms with E-state index in [9.17, 15) is 4.79 Å². The molecule has 0 bridgehead atoms. The smallest absolute Gasteiger partial charge is 0.241 e. The van der Waals surface area contributed by atoms with Crippen LogP contribution in [0.25, 0.3) is 11.1 Å². The van der Waals surface area contributed by atoms with Gasteiger partial charge in [0.15, 0.2) is 0 Å². The van der Waals surface area contributed by atoms with Gasteiger partial charge in [-0.05, 0) is 36.3 Å². The number of thiophene rings is 1. The van der Waals surface area contributed by atoms with Crippen LogP contribution in [0.1, 0.15) is 30.7 Å². The lowest BCUT2D eigenvalue weighted by Gasteiger charge is -2.42. The van der Waals surface area contributed by atoms with Crippen molar-refractivity contribution in [1.82, 2.24) is 9.88 Å². The molecule has 3 rings (SSSR count). The number of hydrogen-bond donors (Lipinski definition) is 1. The summed E-state index contributed by atoms with van der Waals surface area (Å²) in [5.41, 5.74) is 2.61. The molecular weight excluding hydrogens is 362 g/mol. The van der Waals surface area contributed by atoms with Crippen LogP contribution in [0.15, 0.2) is 29.9 Å². The van der Waals surface area contributed by atoms with Crippen molar-refractivity contribution >= 4 is 34.8 Å². The highest BCUT2D eigenvalue weighted by Gasteiger charge is 2.48.